The molecule has 0 fully saturated rings. The SMILES string of the molecule is CC[NH+](CC)CCCn1c(SCC#N)nc2ccccc2c1=O. The summed E-state index contributed by atoms with van der Waals surface area (Å²) >= 11 is 1.33. The van der Waals surface area contributed by atoms with Crippen molar-refractivity contribution in [2.45, 2.75) is 32.0 Å². The number of para-hydroxylation sites is 1. The van der Waals surface area contributed by atoms with Crippen molar-refractivity contribution in [3.05, 3.63) is 34.6 Å². The van der Waals surface area contributed by atoms with Gasteiger partial charge in [-0.05, 0) is 26.0 Å². The van der Waals surface area contributed by atoms with E-state index in [4.69, 9.17) is 5.26 Å². The Bertz CT molecular complexity index is 746. The van der Waals surface area contributed by atoms with Crippen LogP contribution in [-0.4, -0.2) is 34.9 Å². The largest absolute Gasteiger partial charge is 0.335 e. The van der Waals surface area contributed by atoms with Crippen LogP contribution in [-0.2, 0) is 6.54 Å². The van der Waals surface area contributed by atoms with E-state index in [1.807, 2.05) is 24.3 Å². The lowest BCUT2D eigenvalue weighted by molar-refractivity contribution is -0.896. The van der Waals surface area contributed by atoms with Gasteiger partial charge in [0.05, 0.1) is 42.4 Å². The van der Waals surface area contributed by atoms with E-state index >= 15 is 0 Å². The van der Waals surface area contributed by atoms with E-state index in [1.54, 1.807) is 4.57 Å². The third kappa shape index (κ3) is 4.34. The first-order valence-electron chi connectivity index (χ1n) is 8.04. The van der Waals surface area contributed by atoms with Gasteiger partial charge in [-0.25, -0.2) is 4.98 Å². The van der Waals surface area contributed by atoms with Gasteiger partial charge in [-0.15, -0.1) is 0 Å². The molecule has 0 atom stereocenters. The Morgan fingerprint density at radius 2 is 2.04 bits per heavy atom. The maximum absolute atomic E-state index is 12.7. The van der Waals surface area contributed by atoms with E-state index in [9.17, 15) is 4.79 Å². The molecular formula is C17H23N4OS+. The molecule has 5 nitrogen and oxygen atoms in total. The highest BCUT2D eigenvalue weighted by Gasteiger charge is 2.12. The van der Waals surface area contributed by atoms with Gasteiger partial charge in [-0.3, -0.25) is 9.36 Å². The normalized spacial score (nSPS) is 11.0. The molecule has 0 aliphatic rings. The number of aromatic nitrogens is 2. The van der Waals surface area contributed by atoms with Crippen LogP contribution in [0.5, 0.6) is 0 Å². The zero-order chi connectivity index (χ0) is 16.7. The predicted molar refractivity (Wildman–Crippen MR) is 93.9 cm³/mol. The summed E-state index contributed by atoms with van der Waals surface area (Å²) in [5.41, 5.74) is 0.689. The molecule has 23 heavy (non-hydrogen) atoms. The molecule has 1 aromatic heterocycles. The molecule has 2 rings (SSSR count). The minimum absolute atomic E-state index is 0.00872. The van der Waals surface area contributed by atoms with Crippen LogP contribution < -0.4 is 10.5 Å². The van der Waals surface area contributed by atoms with E-state index in [-0.39, 0.29) is 5.56 Å². The monoisotopic (exact) mass is 331 g/mol. The highest BCUT2D eigenvalue weighted by atomic mass is 32.2. The number of rotatable bonds is 8. The van der Waals surface area contributed by atoms with Crippen LogP contribution in [0.2, 0.25) is 0 Å². The average molecular weight is 331 g/mol. The second-order valence-corrected chi connectivity index (χ2v) is 6.32. The number of nitrogens with zero attached hydrogens (tertiary/aromatic N) is 3. The molecule has 0 spiro atoms. The summed E-state index contributed by atoms with van der Waals surface area (Å²) in [6, 6.07) is 9.50. The smallest absolute Gasteiger partial charge is 0.262 e. The molecule has 0 unspecified atom stereocenters. The first-order chi connectivity index (χ1) is 11.2. The number of hydrogen-bond donors (Lipinski definition) is 1. The van der Waals surface area contributed by atoms with E-state index < -0.39 is 0 Å². The Balaban J connectivity index is 2.29. The van der Waals surface area contributed by atoms with Gasteiger partial charge in [-0.2, -0.15) is 5.26 Å². The standard InChI is InChI=1S/C17H22N4OS/c1-3-20(4-2)11-7-12-21-16(22)14-8-5-6-9-15(14)19-17(21)23-13-10-18/h5-6,8-9H,3-4,7,11-13H2,1-2H3/p+1. The number of hydrogen-bond acceptors (Lipinski definition) is 4. The second kappa shape index (κ2) is 8.70. The third-order valence-electron chi connectivity index (χ3n) is 4.00. The third-order valence-corrected chi connectivity index (χ3v) is 4.85. The molecule has 0 saturated carbocycles. The summed E-state index contributed by atoms with van der Waals surface area (Å²) in [5.74, 6) is 0.298. The molecule has 0 amide bonds. The fraction of sp³-hybridized carbons (Fsp3) is 0.471. The number of benzene rings is 1. The Morgan fingerprint density at radius 1 is 1.30 bits per heavy atom. The quantitative estimate of drug-likeness (QED) is 0.585. The van der Waals surface area contributed by atoms with E-state index in [2.05, 4.69) is 24.9 Å². The summed E-state index contributed by atoms with van der Waals surface area (Å²) in [6.07, 6.45) is 0.928. The Hall–Kier alpha value is -1.84. The molecule has 0 radical (unpaired) electrons. The van der Waals surface area contributed by atoms with Crippen molar-refractivity contribution in [1.82, 2.24) is 9.55 Å². The minimum atomic E-state index is -0.00872. The number of quaternary nitrogens is 1. The molecule has 2 aromatic rings. The average Bonchev–Trinajstić information content (AvgIpc) is 2.59. The van der Waals surface area contributed by atoms with Gasteiger partial charge in [0, 0.05) is 13.0 Å². The maximum Gasteiger partial charge on any atom is 0.262 e. The van der Waals surface area contributed by atoms with E-state index in [0.29, 0.717) is 28.4 Å². The Labute approximate surface area is 140 Å². The second-order valence-electron chi connectivity index (χ2n) is 5.38. The van der Waals surface area contributed by atoms with Gasteiger partial charge >= 0.3 is 0 Å². The van der Waals surface area contributed by atoms with Crippen LogP contribution in [0, 0.1) is 11.3 Å². The van der Waals surface area contributed by atoms with Crippen molar-refractivity contribution in [2.24, 2.45) is 0 Å². The Kier molecular flexibility index (Phi) is 6.63. The van der Waals surface area contributed by atoms with Crippen molar-refractivity contribution in [2.75, 3.05) is 25.4 Å². The summed E-state index contributed by atoms with van der Waals surface area (Å²) in [5, 5.41) is 10.1. The highest BCUT2D eigenvalue weighted by molar-refractivity contribution is 7.99. The molecule has 1 N–H and O–H groups in total. The molecule has 1 aromatic carbocycles. The van der Waals surface area contributed by atoms with Crippen LogP contribution in [0.1, 0.15) is 20.3 Å². The number of thioether (sulfide) groups is 1. The summed E-state index contributed by atoms with van der Waals surface area (Å²) in [4.78, 5) is 18.9. The van der Waals surface area contributed by atoms with Gasteiger partial charge in [0.2, 0.25) is 0 Å². The first-order valence-corrected chi connectivity index (χ1v) is 9.02. The van der Waals surface area contributed by atoms with Crippen molar-refractivity contribution < 1.29 is 4.90 Å². The topological polar surface area (TPSA) is 63.1 Å². The van der Waals surface area contributed by atoms with Crippen LogP contribution >= 0.6 is 11.8 Å². The van der Waals surface area contributed by atoms with Gasteiger partial charge in [0.15, 0.2) is 5.16 Å². The van der Waals surface area contributed by atoms with E-state index in [1.165, 1.54) is 16.7 Å². The molecule has 6 heteroatoms. The van der Waals surface area contributed by atoms with Gasteiger partial charge < -0.3 is 4.90 Å². The van der Waals surface area contributed by atoms with Crippen LogP contribution in [0.15, 0.2) is 34.2 Å². The van der Waals surface area contributed by atoms with Gasteiger partial charge in [-0.1, -0.05) is 23.9 Å². The minimum Gasteiger partial charge on any atom is -0.335 e. The fourth-order valence-corrected chi connectivity index (χ4v) is 3.33. The number of nitriles is 1. The molecule has 122 valence electrons. The molecule has 0 bridgehead atoms. The lowest BCUT2D eigenvalue weighted by atomic mass is 10.2. The lowest BCUT2D eigenvalue weighted by Gasteiger charge is -2.16. The molecule has 0 aliphatic heterocycles. The first kappa shape index (κ1) is 17.5. The Morgan fingerprint density at radius 3 is 2.74 bits per heavy atom. The van der Waals surface area contributed by atoms with Crippen molar-refractivity contribution >= 4 is 22.7 Å². The van der Waals surface area contributed by atoms with E-state index in [0.717, 1.165) is 26.1 Å². The van der Waals surface area contributed by atoms with Crippen LogP contribution in [0.4, 0.5) is 0 Å². The van der Waals surface area contributed by atoms with Gasteiger partial charge in [0.1, 0.15) is 0 Å². The van der Waals surface area contributed by atoms with Crippen LogP contribution in [0.25, 0.3) is 10.9 Å². The summed E-state index contributed by atoms with van der Waals surface area (Å²) in [6.45, 7) is 8.23. The number of fused-ring (bicyclic) bond motifs is 1. The number of nitrogens with one attached hydrogen (secondary N) is 1. The van der Waals surface area contributed by atoms with Gasteiger partial charge in [0.25, 0.3) is 5.56 Å². The molecule has 0 saturated heterocycles. The molecular weight excluding hydrogens is 308 g/mol. The van der Waals surface area contributed by atoms with Crippen molar-refractivity contribution in [3.63, 3.8) is 0 Å². The molecule has 0 aliphatic carbocycles. The highest BCUT2D eigenvalue weighted by Crippen LogP contribution is 2.17. The van der Waals surface area contributed by atoms with Crippen molar-refractivity contribution in [3.8, 4) is 6.07 Å². The summed E-state index contributed by atoms with van der Waals surface area (Å²) < 4.78 is 1.73. The fourth-order valence-electron chi connectivity index (χ4n) is 2.64. The zero-order valence-corrected chi connectivity index (χ0v) is 14.5. The zero-order valence-electron chi connectivity index (χ0n) is 13.7. The predicted octanol–water partition coefficient (Wildman–Crippen LogP) is 1.33. The molecule has 1 heterocycles. The summed E-state index contributed by atoms with van der Waals surface area (Å²) in [7, 11) is 0. The van der Waals surface area contributed by atoms with Crippen molar-refractivity contribution in [1.29, 1.82) is 5.26 Å². The van der Waals surface area contributed by atoms with Crippen LogP contribution in [0.3, 0.4) is 0 Å². The lowest BCUT2D eigenvalue weighted by Crippen LogP contribution is -3.11. The maximum atomic E-state index is 12.7.